The van der Waals surface area contributed by atoms with Crippen LogP contribution in [0, 0.1) is 19.8 Å². The Kier molecular flexibility index (Phi) is 5.37. The fraction of sp³-hybridized carbons (Fsp3) is 0.360. The molecule has 5 heteroatoms. The SMILES string of the molecule is COc1ccccc1C1=C(N2CCCC(C)C2)C(=O)N(c2cc(C)ccc2C)C1=O. The van der Waals surface area contributed by atoms with E-state index in [2.05, 4.69) is 11.8 Å². The number of aryl methyl sites for hydroxylation is 2. The van der Waals surface area contributed by atoms with Crippen LogP contribution in [0.5, 0.6) is 5.75 Å². The molecule has 2 aromatic rings. The highest BCUT2D eigenvalue weighted by Crippen LogP contribution is 2.40. The van der Waals surface area contributed by atoms with Crippen molar-refractivity contribution in [3.05, 3.63) is 64.9 Å². The second-order valence-electron chi connectivity index (χ2n) is 8.35. The van der Waals surface area contributed by atoms with Gasteiger partial charge in [-0.25, -0.2) is 4.90 Å². The molecule has 0 N–H and O–H groups in total. The van der Waals surface area contributed by atoms with Crippen LogP contribution in [0.2, 0.25) is 0 Å². The molecule has 5 nitrogen and oxygen atoms in total. The van der Waals surface area contributed by atoms with Crippen LogP contribution < -0.4 is 9.64 Å². The summed E-state index contributed by atoms with van der Waals surface area (Å²) in [4.78, 5) is 30.9. The molecule has 2 heterocycles. The fourth-order valence-corrected chi connectivity index (χ4v) is 4.48. The third kappa shape index (κ3) is 3.38. The number of rotatable bonds is 4. The third-order valence-corrected chi connectivity index (χ3v) is 6.01. The molecular weight excluding hydrogens is 376 g/mol. The number of likely N-dealkylation sites (tertiary alicyclic amines) is 1. The van der Waals surface area contributed by atoms with Gasteiger partial charge in [0.1, 0.15) is 11.4 Å². The normalized spacial score (nSPS) is 19.7. The molecule has 0 spiro atoms. The molecule has 4 rings (SSSR count). The summed E-state index contributed by atoms with van der Waals surface area (Å²) in [5, 5.41) is 0. The Bertz CT molecular complexity index is 1040. The lowest BCUT2D eigenvalue weighted by atomic mass is 9.97. The number of para-hydroxylation sites is 1. The van der Waals surface area contributed by atoms with Gasteiger partial charge < -0.3 is 9.64 Å². The Morgan fingerprint density at radius 3 is 2.53 bits per heavy atom. The lowest BCUT2D eigenvalue weighted by molar-refractivity contribution is -0.120. The van der Waals surface area contributed by atoms with Crippen molar-refractivity contribution in [3.63, 3.8) is 0 Å². The predicted molar refractivity (Wildman–Crippen MR) is 118 cm³/mol. The molecule has 0 aliphatic carbocycles. The number of nitrogens with zero attached hydrogens (tertiary/aromatic N) is 2. The van der Waals surface area contributed by atoms with Gasteiger partial charge in [0.25, 0.3) is 11.8 Å². The number of benzene rings is 2. The lowest BCUT2D eigenvalue weighted by Gasteiger charge is -2.33. The maximum atomic E-state index is 13.7. The van der Waals surface area contributed by atoms with Crippen LogP contribution in [0.3, 0.4) is 0 Å². The highest BCUT2D eigenvalue weighted by Gasteiger charge is 2.44. The van der Waals surface area contributed by atoms with Crippen LogP contribution in [0.4, 0.5) is 5.69 Å². The minimum Gasteiger partial charge on any atom is -0.496 e. The molecule has 2 amide bonds. The van der Waals surface area contributed by atoms with E-state index in [-0.39, 0.29) is 11.8 Å². The zero-order valence-electron chi connectivity index (χ0n) is 18.1. The van der Waals surface area contributed by atoms with E-state index in [9.17, 15) is 9.59 Å². The van der Waals surface area contributed by atoms with Gasteiger partial charge in [-0.15, -0.1) is 0 Å². The molecule has 0 bridgehead atoms. The van der Waals surface area contributed by atoms with Crippen molar-refractivity contribution in [1.29, 1.82) is 0 Å². The number of anilines is 1. The lowest BCUT2D eigenvalue weighted by Crippen LogP contribution is -2.39. The van der Waals surface area contributed by atoms with Crippen molar-refractivity contribution in [3.8, 4) is 5.75 Å². The van der Waals surface area contributed by atoms with Gasteiger partial charge >= 0.3 is 0 Å². The van der Waals surface area contributed by atoms with Crippen molar-refractivity contribution in [2.24, 2.45) is 5.92 Å². The van der Waals surface area contributed by atoms with E-state index < -0.39 is 0 Å². The summed E-state index contributed by atoms with van der Waals surface area (Å²) in [5.74, 6) is 0.539. The molecule has 0 saturated carbocycles. The molecule has 2 aliphatic rings. The van der Waals surface area contributed by atoms with Crippen LogP contribution in [0.1, 0.15) is 36.5 Å². The van der Waals surface area contributed by atoms with E-state index in [1.165, 1.54) is 4.90 Å². The largest absolute Gasteiger partial charge is 0.496 e. The molecule has 0 aromatic heterocycles. The number of hydrogen-bond donors (Lipinski definition) is 0. The minimum atomic E-state index is -0.286. The number of carbonyl (C=O) groups excluding carboxylic acids is 2. The molecule has 2 aromatic carbocycles. The van der Waals surface area contributed by atoms with Crippen LogP contribution in [-0.4, -0.2) is 36.9 Å². The van der Waals surface area contributed by atoms with Crippen LogP contribution in [-0.2, 0) is 9.59 Å². The average Bonchev–Trinajstić information content (AvgIpc) is 2.99. The van der Waals surface area contributed by atoms with Gasteiger partial charge in [-0.2, -0.15) is 0 Å². The van der Waals surface area contributed by atoms with Gasteiger partial charge in [0.05, 0.1) is 18.4 Å². The topological polar surface area (TPSA) is 49.9 Å². The highest BCUT2D eigenvalue weighted by molar-refractivity contribution is 6.45. The number of amides is 2. The Hall–Kier alpha value is -3.08. The van der Waals surface area contributed by atoms with Gasteiger partial charge in [0.15, 0.2) is 0 Å². The Morgan fingerprint density at radius 2 is 1.80 bits per heavy atom. The van der Waals surface area contributed by atoms with Gasteiger partial charge in [0.2, 0.25) is 0 Å². The Labute approximate surface area is 177 Å². The molecule has 1 unspecified atom stereocenters. The van der Waals surface area contributed by atoms with Crippen molar-refractivity contribution in [1.82, 2.24) is 4.90 Å². The molecular formula is C25H28N2O3. The second-order valence-corrected chi connectivity index (χ2v) is 8.35. The Balaban J connectivity index is 1.90. The smallest absolute Gasteiger partial charge is 0.282 e. The van der Waals surface area contributed by atoms with E-state index in [1.807, 2.05) is 56.3 Å². The summed E-state index contributed by atoms with van der Waals surface area (Å²) in [5.41, 5.74) is 4.16. The maximum absolute atomic E-state index is 13.7. The summed E-state index contributed by atoms with van der Waals surface area (Å²) >= 11 is 0. The van der Waals surface area contributed by atoms with Crippen molar-refractivity contribution in [2.75, 3.05) is 25.1 Å². The van der Waals surface area contributed by atoms with Gasteiger partial charge in [-0.1, -0.05) is 37.3 Å². The number of ether oxygens (including phenoxy) is 1. The summed E-state index contributed by atoms with van der Waals surface area (Å²) in [6.07, 6.45) is 2.14. The summed E-state index contributed by atoms with van der Waals surface area (Å²) in [7, 11) is 1.59. The van der Waals surface area contributed by atoms with Gasteiger partial charge in [-0.3, -0.25) is 9.59 Å². The molecule has 156 valence electrons. The first kappa shape index (κ1) is 20.2. The first-order valence-electron chi connectivity index (χ1n) is 10.5. The van der Waals surface area contributed by atoms with E-state index in [0.717, 1.165) is 37.1 Å². The molecule has 1 fully saturated rings. The zero-order chi connectivity index (χ0) is 21.4. The van der Waals surface area contributed by atoms with E-state index in [1.54, 1.807) is 7.11 Å². The number of imide groups is 1. The van der Waals surface area contributed by atoms with Crippen LogP contribution in [0.25, 0.3) is 5.57 Å². The molecule has 1 atom stereocenters. The molecule has 30 heavy (non-hydrogen) atoms. The summed E-state index contributed by atoms with van der Waals surface area (Å²) < 4.78 is 5.55. The van der Waals surface area contributed by atoms with Crippen molar-refractivity contribution < 1.29 is 14.3 Å². The van der Waals surface area contributed by atoms with Gasteiger partial charge in [0, 0.05) is 18.7 Å². The first-order chi connectivity index (χ1) is 14.4. The van der Waals surface area contributed by atoms with Crippen LogP contribution >= 0.6 is 0 Å². The average molecular weight is 405 g/mol. The predicted octanol–water partition coefficient (Wildman–Crippen LogP) is 4.33. The van der Waals surface area contributed by atoms with E-state index in [0.29, 0.717) is 34.2 Å². The second kappa shape index (κ2) is 7.98. The monoisotopic (exact) mass is 404 g/mol. The standard InChI is InChI=1S/C25H28N2O3/c1-16-11-12-18(3)20(14-16)27-24(28)22(19-9-5-6-10-21(19)30-4)23(25(27)29)26-13-7-8-17(2)15-26/h5-6,9-12,14,17H,7-8,13,15H2,1-4H3. The summed E-state index contributed by atoms with van der Waals surface area (Å²) in [6.45, 7) is 7.64. The maximum Gasteiger partial charge on any atom is 0.282 e. The van der Waals surface area contributed by atoms with Crippen molar-refractivity contribution in [2.45, 2.75) is 33.6 Å². The number of methoxy groups -OCH3 is 1. The van der Waals surface area contributed by atoms with Crippen LogP contribution in [0.15, 0.2) is 48.2 Å². The quantitative estimate of drug-likeness (QED) is 0.712. The number of carbonyl (C=O) groups is 2. The van der Waals surface area contributed by atoms with Crippen molar-refractivity contribution >= 4 is 23.1 Å². The highest BCUT2D eigenvalue weighted by atomic mass is 16.5. The number of hydrogen-bond acceptors (Lipinski definition) is 4. The number of piperidine rings is 1. The van der Waals surface area contributed by atoms with E-state index in [4.69, 9.17) is 4.74 Å². The van der Waals surface area contributed by atoms with Gasteiger partial charge in [-0.05, 0) is 55.9 Å². The first-order valence-corrected chi connectivity index (χ1v) is 10.5. The Morgan fingerprint density at radius 1 is 1.03 bits per heavy atom. The molecule has 1 saturated heterocycles. The minimum absolute atomic E-state index is 0.247. The fourth-order valence-electron chi connectivity index (χ4n) is 4.48. The molecule has 2 aliphatic heterocycles. The molecule has 0 radical (unpaired) electrons. The summed E-state index contributed by atoms with van der Waals surface area (Å²) in [6, 6.07) is 13.3. The third-order valence-electron chi connectivity index (χ3n) is 6.01. The van der Waals surface area contributed by atoms with E-state index >= 15 is 0 Å². The zero-order valence-corrected chi connectivity index (χ0v) is 18.1.